The Balaban J connectivity index is 1.38. The molecule has 2 unspecified atom stereocenters. The van der Waals surface area contributed by atoms with Crippen molar-refractivity contribution >= 4 is 33.4 Å². The molecule has 1 N–H and O–H groups in total. The zero-order valence-corrected chi connectivity index (χ0v) is 21.2. The number of anilines is 1. The first-order valence-electron chi connectivity index (χ1n) is 12.2. The van der Waals surface area contributed by atoms with Crippen molar-refractivity contribution < 1.29 is 9.59 Å². The number of nitrogens with zero attached hydrogens (tertiary/aromatic N) is 1. The summed E-state index contributed by atoms with van der Waals surface area (Å²) < 4.78 is 1.03. The third kappa shape index (κ3) is 3.13. The first kappa shape index (κ1) is 22.2. The lowest BCUT2D eigenvalue weighted by molar-refractivity contribution is -0.141. The van der Waals surface area contributed by atoms with Crippen LogP contribution < -0.4 is 5.32 Å². The summed E-state index contributed by atoms with van der Waals surface area (Å²) in [4.78, 5) is 27.8. The normalized spacial score (nSPS) is 40.5. The Kier molecular flexibility index (Phi) is 5.35. The van der Waals surface area contributed by atoms with Crippen LogP contribution in [0.4, 0.5) is 5.69 Å². The molecular weight excluding hydrogens is 464 g/mol. The molecule has 0 bridgehead atoms. The molecule has 5 heteroatoms. The molecule has 0 aromatic heterocycles. The van der Waals surface area contributed by atoms with Gasteiger partial charge < -0.3 is 10.2 Å². The van der Waals surface area contributed by atoms with E-state index in [-0.39, 0.29) is 28.6 Å². The van der Waals surface area contributed by atoms with Crippen LogP contribution >= 0.6 is 15.9 Å². The number of likely N-dealkylation sites (N-methyl/N-ethyl adjacent to an activating group) is 1. The van der Waals surface area contributed by atoms with Crippen molar-refractivity contribution in [2.75, 3.05) is 12.4 Å². The first-order valence-corrected chi connectivity index (χ1v) is 13.0. The molecule has 172 valence electrons. The van der Waals surface area contributed by atoms with Gasteiger partial charge in [-0.2, -0.15) is 0 Å². The summed E-state index contributed by atoms with van der Waals surface area (Å²) in [5.41, 5.74) is 2.12. The monoisotopic (exact) mass is 498 g/mol. The maximum atomic E-state index is 13.5. The highest BCUT2D eigenvalue weighted by molar-refractivity contribution is 9.10. The molecule has 0 spiro atoms. The van der Waals surface area contributed by atoms with Gasteiger partial charge in [-0.1, -0.05) is 41.9 Å². The maximum Gasteiger partial charge on any atom is 0.246 e. The molecule has 5 rings (SSSR count). The number of benzene rings is 1. The van der Waals surface area contributed by atoms with Crippen LogP contribution in [0.1, 0.15) is 57.9 Å². The number of nitrogens with one attached hydrogen (secondary N) is 1. The van der Waals surface area contributed by atoms with Gasteiger partial charge in [-0.25, -0.2) is 0 Å². The van der Waals surface area contributed by atoms with Crippen LogP contribution in [0.5, 0.6) is 0 Å². The molecule has 4 nitrogen and oxygen atoms in total. The van der Waals surface area contributed by atoms with Gasteiger partial charge in [-0.3, -0.25) is 9.59 Å². The Morgan fingerprint density at radius 3 is 2.69 bits per heavy atom. The molecule has 0 saturated heterocycles. The van der Waals surface area contributed by atoms with Gasteiger partial charge in [0.2, 0.25) is 11.8 Å². The Morgan fingerprint density at radius 1 is 1.12 bits per heavy atom. The van der Waals surface area contributed by atoms with E-state index in [4.69, 9.17) is 0 Å². The van der Waals surface area contributed by atoms with Gasteiger partial charge >= 0.3 is 0 Å². The number of hydrogen-bond donors (Lipinski definition) is 1. The Labute approximate surface area is 200 Å². The number of fused-ring (bicyclic) bond motifs is 5. The van der Waals surface area contributed by atoms with Crippen molar-refractivity contribution in [1.82, 2.24) is 4.90 Å². The fourth-order valence-electron chi connectivity index (χ4n) is 8.13. The van der Waals surface area contributed by atoms with E-state index in [9.17, 15) is 9.59 Å². The second-order valence-electron chi connectivity index (χ2n) is 11.2. The molecule has 1 heterocycles. The zero-order chi connectivity index (χ0) is 22.8. The predicted molar refractivity (Wildman–Crippen MR) is 131 cm³/mol. The molecule has 1 aromatic rings. The van der Waals surface area contributed by atoms with Gasteiger partial charge in [0.05, 0.1) is 0 Å². The zero-order valence-electron chi connectivity index (χ0n) is 19.7. The summed E-state index contributed by atoms with van der Waals surface area (Å²) in [6.45, 7) is 6.81. The SMILES string of the molecule is Cc1c(Br)cccc1NC(=O)C1CC[C@H]2[C@@H]3CCC4N(C)C(=O)C=C[C@]4(C)[C@@H]3CC[C@]12C. The number of halogens is 1. The molecule has 1 aliphatic heterocycles. The topological polar surface area (TPSA) is 49.4 Å². The molecule has 3 fully saturated rings. The molecule has 32 heavy (non-hydrogen) atoms. The number of rotatable bonds is 2. The van der Waals surface area contributed by atoms with Crippen LogP contribution in [0.2, 0.25) is 0 Å². The van der Waals surface area contributed by atoms with Gasteiger partial charge in [0.15, 0.2) is 0 Å². The van der Waals surface area contributed by atoms with E-state index < -0.39 is 0 Å². The fraction of sp³-hybridized carbons (Fsp3) is 0.630. The van der Waals surface area contributed by atoms with Crippen molar-refractivity contribution in [2.45, 2.75) is 65.3 Å². The van der Waals surface area contributed by atoms with E-state index >= 15 is 0 Å². The van der Waals surface area contributed by atoms with Crippen LogP contribution in [0.3, 0.4) is 0 Å². The highest BCUT2D eigenvalue weighted by Crippen LogP contribution is 2.65. The van der Waals surface area contributed by atoms with Crippen LogP contribution in [-0.4, -0.2) is 29.8 Å². The van der Waals surface area contributed by atoms with Crippen molar-refractivity contribution in [3.63, 3.8) is 0 Å². The summed E-state index contributed by atoms with van der Waals surface area (Å²) in [7, 11) is 1.97. The number of carbonyl (C=O) groups excluding carboxylic acids is 2. The van der Waals surface area contributed by atoms with E-state index in [0.29, 0.717) is 23.8 Å². The Hall–Kier alpha value is -1.62. The first-order chi connectivity index (χ1) is 15.2. The van der Waals surface area contributed by atoms with Crippen molar-refractivity contribution in [3.8, 4) is 0 Å². The minimum absolute atomic E-state index is 0.0562. The van der Waals surface area contributed by atoms with Crippen molar-refractivity contribution in [3.05, 3.63) is 40.4 Å². The summed E-state index contributed by atoms with van der Waals surface area (Å²) >= 11 is 3.58. The Morgan fingerprint density at radius 2 is 1.91 bits per heavy atom. The average Bonchev–Trinajstić information content (AvgIpc) is 3.12. The van der Waals surface area contributed by atoms with Crippen LogP contribution in [0.25, 0.3) is 0 Å². The molecular formula is C27H35BrN2O2. The van der Waals surface area contributed by atoms with Crippen molar-refractivity contribution in [1.29, 1.82) is 0 Å². The molecule has 4 aliphatic rings. The molecule has 1 aromatic carbocycles. The molecule has 3 aliphatic carbocycles. The van der Waals surface area contributed by atoms with Gasteiger partial charge in [0, 0.05) is 34.6 Å². The van der Waals surface area contributed by atoms with E-state index in [1.165, 1.54) is 6.42 Å². The lowest BCUT2D eigenvalue weighted by Gasteiger charge is -2.60. The quantitative estimate of drug-likeness (QED) is 0.547. The molecule has 2 amide bonds. The summed E-state index contributed by atoms with van der Waals surface area (Å²) in [5.74, 6) is 2.24. The standard InChI is InChI=1S/C27H35BrN2O2/c1-16-21(28)6-5-7-22(16)29-25(32)20-10-9-18-17-8-11-23-27(3,15-13-24(31)30(23)4)19(17)12-14-26(18,20)2/h5-7,13,15,17-20,23H,8-12,14H2,1-4H3,(H,29,32)/t17-,18-,19+,20?,23?,26-,27+/m0/s1. The van der Waals surface area contributed by atoms with E-state index in [2.05, 4.69) is 41.2 Å². The highest BCUT2D eigenvalue weighted by atomic mass is 79.9. The number of amides is 2. The minimum Gasteiger partial charge on any atom is -0.338 e. The van der Waals surface area contributed by atoms with Crippen LogP contribution in [0.15, 0.2) is 34.8 Å². The highest BCUT2D eigenvalue weighted by Gasteiger charge is 2.61. The smallest absolute Gasteiger partial charge is 0.246 e. The fourth-order valence-corrected chi connectivity index (χ4v) is 8.50. The van der Waals surface area contributed by atoms with Gasteiger partial charge in [-0.15, -0.1) is 0 Å². The van der Waals surface area contributed by atoms with Crippen LogP contribution in [-0.2, 0) is 9.59 Å². The van der Waals surface area contributed by atoms with Crippen LogP contribution in [0, 0.1) is 41.4 Å². The Bertz CT molecular complexity index is 990. The second-order valence-corrected chi connectivity index (χ2v) is 12.0. The van der Waals surface area contributed by atoms with Gasteiger partial charge in [0.1, 0.15) is 0 Å². The lowest BCUT2D eigenvalue weighted by Crippen LogP contribution is -2.59. The van der Waals surface area contributed by atoms with E-state index in [1.54, 1.807) is 6.08 Å². The van der Waals surface area contributed by atoms with E-state index in [1.807, 2.05) is 37.1 Å². The largest absolute Gasteiger partial charge is 0.338 e. The van der Waals surface area contributed by atoms with Gasteiger partial charge in [0.25, 0.3) is 0 Å². The lowest BCUT2D eigenvalue weighted by atomic mass is 9.47. The third-order valence-electron chi connectivity index (χ3n) is 9.97. The number of hydrogen-bond acceptors (Lipinski definition) is 2. The van der Waals surface area contributed by atoms with E-state index in [0.717, 1.165) is 47.8 Å². The van der Waals surface area contributed by atoms with Gasteiger partial charge in [-0.05, 0) is 92.4 Å². The summed E-state index contributed by atoms with van der Waals surface area (Å²) in [5, 5.41) is 3.26. The third-order valence-corrected chi connectivity index (χ3v) is 10.8. The van der Waals surface area contributed by atoms with Crippen molar-refractivity contribution in [2.24, 2.45) is 34.5 Å². The predicted octanol–water partition coefficient (Wildman–Crippen LogP) is 5.95. The minimum atomic E-state index is 0.0562. The maximum absolute atomic E-state index is 13.5. The molecule has 0 radical (unpaired) electrons. The summed E-state index contributed by atoms with van der Waals surface area (Å²) in [6, 6.07) is 6.31. The molecule has 3 saturated carbocycles. The summed E-state index contributed by atoms with van der Waals surface area (Å²) in [6.07, 6.45) is 10.7. The number of carbonyl (C=O) groups is 2. The average molecular weight is 499 g/mol. The molecule has 7 atom stereocenters. The second kappa shape index (κ2) is 7.72.